The van der Waals surface area contributed by atoms with Crippen molar-refractivity contribution in [3.05, 3.63) is 35.4 Å². The van der Waals surface area contributed by atoms with Crippen molar-refractivity contribution in [1.82, 2.24) is 4.90 Å². The van der Waals surface area contributed by atoms with Crippen LogP contribution < -0.4 is 0 Å². The summed E-state index contributed by atoms with van der Waals surface area (Å²) in [5.41, 5.74) is 2.65. The molecule has 1 saturated heterocycles. The first kappa shape index (κ1) is 9.22. The van der Waals surface area contributed by atoms with E-state index < -0.39 is 0 Å². The molecule has 78 valence electrons. The van der Waals surface area contributed by atoms with Gasteiger partial charge in [-0.15, -0.1) is 11.6 Å². The third kappa shape index (κ3) is 1.14. The zero-order chi connectivity index (χ0) is 10.4. The van der Waals surface area contributed by atoms with E-state index in [1.807, 2.05) is 17.0 Å². The molecule has 0 aromatic heterocycles. The van der Waals surface area contributed by atoms with Crippen molar-refractivity contribution in [2.75, 3.05) is 5.88 Å². The summed E-state index contributed by atoms with van der Waals surface area (Å²) < 4.78 is 0. The predicted molar refractivity (Wildman–Crippen MR) is 58.7 cm³/mol. The molecule has 2 heterocycles. The minimum Gasteiger partial charge on any atom is -0.328 e. The van der Waals surface area contributed by atoms with Crippen LogP contribution in [0.3, 0.4) is 0 Å². The summed E-state index contributed by atoms with van der Waals surface area (Å²) in [5, 5.41) is 0. The van der Waals surface area contributed by atoms with Crippen LogP contribution in [-0.2, 0) is 4.79 Å². The van der Waals surface area contributed by atoms with Crippen LogP contribution >= 0.6 is 11.6 Å². The van der Waals surface area contributed by atoms with Gasteiger partial charge in [-0.3, -0.25) is 4.79 Å². The lowest BCUT2D eigenvalue weighted by atomic mass is 9.92. The Hall–Kier alpha value is -1.02. The fourth-order valence-electron chi connectivity index (χ4n) is 2.96. The number of hydrogen-bond acceptors (Lipinski definition) is 1. The third-order valence-corrected chi connectivity index (χ3v) is 3.73. The number of carbonyl (C=O) groups is 1. The molecule has 0 saturated carbocycles. The number of nitrogens with zero attached hydrogens (tertiary/aromatic N) is 1. The van der Waals surface area contributed by atoms with Gasteiger partial charge in [0.25, 0.3) is 0 Å². The largest absolute Gasteiger partial charge is 0.328 e. The lowest BCUT2D eigenvalue weighted by molar-refractivity contribution is -0.130. The maximum atomic E-state index is 11.7. The second-order valence-corrected chi connectivity index (χ2v) is 4.44. The summed E-state index contributed by atoms with van der Waals surface area (Å²) in [6, 6.07) is 8.93. The van der Waals surface area contributed by atoms with Gasteiger partial charge in [0.05, 0.1) is 12.1 Å². The minimum atomic E-state index is 0.0698. The highest BCUT2D eigenvalue weighted by Crippen LogP contribution is 2.52. The van der Waals surface area contributed by atoms with Gasteiger partial charge in [0.2, 0.25) is 5.91 Å². The fraction of sp³-hybridized carbons (Fsp3) is 0.417. The predicted octanol–water partition coefficient (Wildman–Crippen LogP) is 2.64. The molecule has 1 amide bonds. The maximum Gasteiger partial charge on any atom is 0.238 e. The van der Waals surface area contributed by atoms with E-state index in [1.54, 1.807) is 0 Å². The number of hydrogen-bond donors (Lipinski definition) is 0. The Morgan fingerprint density at radius 3 is 2.27 bits per heavy atom. The molecule has 2 unspecified atom stereocenters. The average molecular weight is 222 g/mol. The average Bonchev–Trinajstić information content (AvgIpc) is 2.84. The summed E-state index contributed by atoms with van der Waals surface area (Å²) in [4.78, 5) is 13.7. The van der Waals surface area contributed by atoms with Gasteiger partial charge in [-0.2, -0.15) is 0 Å². The summed E-state index contributed by atoms with van der Waals surface area (Å²) in [7, 11) is 0. The van der Waals surface area contributed by atoms with Crippen molar-refractivity contribution in [3.8, 4) is 0 Å². The lowest BCUT2D eigenvalue weighted by Gasteiger charge is -2.21. The smallest absolute Gasteiger partial charge is 0.238 e. The highest BCUT2D eigenvalue weighted by Gasteiger charge is 2.45. The number of benzene rings is 1. The van der Waals surface area contributed by atoms with Gasteiger partial charge in [0.1, 0.15) is 5.88 Å². The zero-order valence-electron chi connectivity index (χ0n) is 8.32. The molecular formula is C12H12ClNO. The topological polar surface area (TPSA) is 20.3 Å². The van der Waals surface area contributed by atoms with Crippen LogP contribution in [0.4, 0.5) is 0 Å². The van der Waals surface area contributed by atoms with Crippen LogP contribution in [0, 0.1) is 0 Å². The molecular weight excluding hydrogens is 210 g/mol. The molecule has 1 fully saturated rings. The first-order valence-electron chi connectivity index (χ1n) is 5.29. The van der Waals surface area contributed by atoms with Crippen LogP contribution in [0.5, 0.6) is 0 Å². The molecule has 2 aliphatic heterocycles. The van der Waals surface area contributed by atoms with E-state index >= 15 is 0 Å². The fourth-order valence-corrected chi connectivity index (χ4v) is 3.09. The third-order valence-electron chi connectivity index (χ3n) is 3.50. The Bertz CT molecular complexity index is 387. The zero-order valence-corrected chi connectivity index (χ0v) is 9.07. The van der Waals surface area contributed by atoms with Gasteiger partial charge in [0.15, 0.2) is 0 Å². The van der Waals surface area contributed by atoms with E-state index in [2.05, 4.69) is 12.1 Å². The lowest BCUT2D eigenvalue weighted by Crippen LogP contribution is -2.28. The van der Waals surface area contributed by atoms with Crippen LogP contribution in [0.1, 0.15) is 36.1 Å². The van der Waals surface area contributed by atoms with Gasteiger partial charge in [-0.05, 0) is 24.0 Å². The SMILES string of the molecule is O=C(CCl)N1C2CCC1c1ccccc12. The second kappa shape index (κ2) is 3.24. The Labute approximate surface area is 93.8 Å². The summed E-state index contributed by atoms with van der Waals surface area (Å²) in [6.45, 7) is 0. The van der Waals surface area contributed by atoms with Gasteiger partial charge in [-0.25, -0.2) is 0 Å². The van der Waals surface area contributed by atoms with Gasteiger partial charge < -0.3 is 4.90 Å². The molecule has 0 radical (unpaired) electrons. The van der Waals surface area contributed by atoms with E-state index in [0.29, 0.717) is 0 Å². The summed E-state index contributed by atoms with van der Waals surface area (Å²) in [5.74, 6) is 0.168. The molecule has 3 heteroatoms. The first-order valence-corrected chi connectivity index (χ1v) is 5.82. The number of carbonyl (C=O) groups excluding carboxylic acids is 1. The van der Waals surface area contributed by atoms with Crippen LogP contribution in [0.15, 0.2) is 24.3 Å². The molecule has 3 rings (SSSR count). The second-order valence-electron chi connectivity index (χ2n) is 4.17. The Balaban J connectivity index is 2.05. The van der Waals surface area contributed by atoms with Crippen molar-refractivity contribution < 1.29 is 4.79 Å². The number of halogens is 1. The van der Waals surface area contributed by atoms with E-state index in [9.17, 15) is 4.79 Å². The minimum absolute atomic E-state index is 0.0698. The number of fused-ring (bicyclic) bond motifs is 5. The van der Waals surface area contributed by atoms with E-state index in [1.165, 1.54) is 11.1 Å². The van der Waals surface area contributed by atoms with Crippen molar-refractivity contribution in [1.29, 1.82) is 0 Å². The number of rotatable bonds is 1. The molecule has 15 heavy (non-hydrogen) atoms. The quantitative estimate of drug-likeness (QED) is 0.668. The van der Waals surface area contributed by atoms with Crippen molar-refractivity contribution >= 4 is 17.5 Å². The maximum absolute atomic E-state index is 11.7. The van der Waals surface area contributed by atoms with Crippen molar-refractivity contribution in [3.63, 3.8) is 0 Å². The summed E-state index contributed by atoms with van der Waals surface area (Å²) >= 11 is 5.64. The molecule has 2 aliphatic rings. The van der Waals surface area contributed by atoms with E-state index in [-0.39, 0.29) is 23.9 Å². The Kier molecular flexibility index (Phi) is 1.99. The molecule has 1 aromatic rings. The normalized spacial score (nSPS) is 26.9. The molecule has 2 atom stereocenters. The molecule has 0 spiro atoms. The van der Waals surface area contributed by atoms with Crippen LogP contribution in [-0.4, -0.2) is 16.7 Å². The number of amides is 1. The Morgan fingerprint density at radius 1 is 1.27 bits per heavy atom. The highest BCUT2D eigenvalue weighted by molar-refractivity contribution is 6.27. The van der Waals surface area contributed by atoms with Crippen LogP contribution in [0.2, 0.25) is 0 Å². The molecule has 0 N–H and O–H groups in total. The highest BCUT2D eigenvalue weighted by atomic mass is 35.5. The molecule has 2 nitrogen and oxygen atoms in total. The van der Waals surface area contributed by atoms with Crippen molar-refractivity contribution in [2.45, 2.75) is 24.9 Å². The first-order chi connectivity index (χ1) is 7.33. The van der Waals surface area contributed by atoms with E-state index in [0.717, 1.165) is 12.8 Å². The Morgan fingerprint density at radius 2 is 1.80 bits per heavy atom. The monoisotopic (exact) mass is 221 g/mol. The number of alkyl halides is 1. The van der Waals surface area contributed by atoms with Gasteiger partial charge in [-0.1, -0.05) is 24.3 Å². The van der Waals surface area contributed by atoms with Gasteiger partial charge in [0, 0.05) is 0 Å². The molecule has 0 aliphatic carbocycles. The van der Waals surface area contributed by atoms with Crippen molar-refractivity contribution in [2.24, 2.45) is 0 Å². The molecule has 1 aromatic carbocycles. The molecule has 2 bridgehead atoms. The summed E-state index contributed by atoms with van der Waals surface area (Å²) in [6.07, 6.45) is 2.18. The van der Waals surface area contributed by atoms with Gasteiger partial charge >= 0.3 is 0 Å². The van der Waals surface area contributed by atoms with Crippen LogP contribution in [0.25, 0.3) is 0 Å². The van der Waals surface area contributed by atoms with E-state index in [4.69, 9.17) is 11.6 Å². The standard InChI is InChI=1S/C12H12ClNO/c13-7-12(15)14-10-5-6-11(14)9-4-2-1-3-8(9)10/h1-4,10-11H,5-7H2.